The van der Waals surface area contributed by atoms with Gasteiger partial charge in [0.25, 0.3) is 0 Å². The molecule has 2 aromatic heterocycles. The minimum Gasteiger partial charge on any atom is -0.300 e. The van der Waals surface area contributed by atoms with Gasteiger partial charge in [0.2, 0.25) is 5.91 Å². The van der Waals surface area contributed by atoms with E-state index < -0.39 is 22.8 Å². The Morgan fingerprint density at radius 3 is 2.81 bits per heavy atom. The Hall–Kier alpha value is -2.13. The summed E-state index contributed by atoms with van der Waals surface area (Å²) in [5, 5.41) is 6.18. The summed E-state index contributed by atoms with van der Waals surface area (Å²) in [6.07, 6.45) is -3.18. The molecule has 5 nitrogen and oxygen atoms in total. The second-order valence-corrected chi connectivity index (χ2v) is 7.92. The Kier molecular flexibility index (Phi) is 4.38. The minimum absolute atomic E-state index is 0.0840. The molecule has 0 aliphatic heterocycles. The van der Waals surface area contributed by atoms with Crippen molar-refractivity contribution in [3.05, 3.63) is 40.2 Å². The van der Waals surface area contributed by atoms with Gasteiger partial charge in [0, 0.05) is 5.92 Å². The molecule has 0 unspecified atom stereocenters. The summed E-state index contributed by atoms with van der Waals surface area (Å²) in [5.74, 6) is -0.583. The van der Waals surface area contributed by atoms with Gasteiger partial charge in [-0.2, -0.15) is 18.3 Å². The number of carbonyl (C=O) groups is 1. The van der Waals surface area contributed by atoms with E-state index in [0.717, 1.165) is 33.3 Å². The quantitative estimate of drug-likeness (QED) is 0.654. The molecule has 1 aliphatic carbocycles. The third-order valence-corrected chi connectivity index (χ3v) is 5.55. The number of hydrogen-bond donors (Lipinski definition) is 1. The Balaban J connectivity index is 1.57. The molecule has 1 N–H and O–H groups in total. The zero-order chi connectivity index (χ0) is 19.3. The molecule has 0 saturated heterocycles. The Morgan fingerprint density at radius 1 is 1.41 bits per heavy atom. The second kappa shape index (κ2) is 6.49. The number of thiazole rings is 1. The van der Waals surface area contributed by atoms with Crippen LogP contribution in [0.4, 0.5) is 18.3 Å². The van der Waals surface area contributed by atoms with Crippen molar-refractivity contribution in [2.24, 2.45) is 0 Å². The highest BCUT2D eigenvalue weighted by molar-refractivity contribution is 7.22. The normalized spacial score (nSPS) is 14.7. The van der Waals surface area contributed by atoms with E-state index in [0.29, 0.717) is 5.13 Å². The number of amides is 1. The van der Waals surface area contributed by atoms with Crippen molar-refractivity contribution < 1.29 is 18.0 Å². The molecule has 142 valence electrons. The molecule has 27 heavy (non-hydrogen) atoms. The molecule has 3 aromatic rings. The predicted molar refractivity (Wildman–Crippen MR) is 97.2 cm³/mol. The number of fused-ring (bicyclic) bond motifs is 1. The first kappa shape index (κ1) is 18.2. The van der Waals surface area contributed by atoms with Gasteiger partial charge in [-0.05, 0) is 37.5 Å². The van der Waals surface area contributed by atoms with Crippen molar-refractivity contribution >= 4 is 44.2 Å². The number of carbonyl (C=O) groups excluding carboxylic acids is 1. The fraction of sp³-hybridized carbons (Fsp3) is 0.353. The van der Waals surface area contributed by atoms with Crippen LogP contribution in [-0.2, 0) is 17.5 Å². The maximum atomic E-state index is 13.1. The Labute approximate surface area is 161 Å². The molecule has 0 radical (unpaired) electrons. The molecule has 0 bridgehead atoms. The van der Waals surface area contributed by atoms with Gasteiger partial charge in [-0.1, -0.05) is 29.0 Å². The van der Waals surface area contributed by atoms with Crippen molar-refractivity contribution in [3.8, 4) is 0 Å². The molecule has 0 atom stereocenters. The van der Waals surface area contributed by atoms with Gasteiger partial charge in [0.1, 0.15) is 6.54 Å². The van der Waals surface area contributed by atoms with Crippen LogP contribution in [0.25, 0.3) is 10.2 Å². The highest BCUT2D eigenvalue weighted by Gasteiger charge is 2.42. The topological polar surface area (TPSA) is 59.8 Å². The highest BCUT2D eigenvalue weighted by Crippen LogP contribution is 2.46. The Morgan fingerprint density at radius 2 is 2.15 bits per heavy atom. The first-order valence-corrected chi connectivity index (χ1v) is 9.42. The molecule has 0 spiro atoms. The van der Waals surface area contributed by atoms with Crippen LogP contribution in [0.3, 0.4) is 0 Å². The summed E-state index contributed by atoms with van der Waals surface area (Å²) < 4.78 is 41.3. The van der Waals surface area contributed by atoms with E-state index in [2.05, 4.69) is 15.4 Å². The zero-order valence-electron chi connectivity index (χ0n) is 14.1. The molecule has 1 fully saturated rings. The van der Waals surface area contributed by atoms with Crippen LogP contribution in [0.5, 0.6) is 0 Å². The lowest BCUT2D eigenvalue weighted by Gasteiger charge is -2.06. The molecule has 1 aromatic carbocycles. The zero-order valence-corrected chi connectivity index (χ0v) is 15.7. The Bertz CT molecular complexity index is 1040. The molecule has 10 heteroatoms. The number of nitrogens with zero attached hydrogens (tertiary/aromatic N) is 3. The maximum Gasteiger partial charge on any atom is 0.436 e. The number of halogens is 4. The first-order valence-electron chi connectivity index (χ1n) is 8.23. The van der Waals surface area contributed by atoms with Gasteiger partial charge in [0.05, 0.1) is 20.9 Å². The number of hydrogen-bond acceptors (Lipinski definition) is 4. The maximum absolute atomic E-state index is 13.1. The number of aryl methyl sites for hydroxylation is 1. The van der Waals surface area contributed by atoms with Crippen LogP contribution in [0.2, 0.25) is 5.02 Å². The van der Waals surface area contributed by atoms with Crippen molar-refractivity contribution in [1.29, 1.82) is 0 Å². The lowest BCUT2D eigenvalue weighted by molar-refractivity contribution is -0.141. The molecular formula is C17H14ClF3N4OS. The number of rotatable bonds is 4. The molecule has 1 aliphatic rings. The van der Waals surface area contributed by atoms with E-state index >= 15 is 0 Å². The summed E-state index contributed by atoms with van der Waals surface area (Å²) in [7, 11) is 0. The largest absolute Gasteiger partial charge is 0.436 e. The molecule has 1 saturated carbocycles. The van der Waals surface area contributed by atoms with E-state index in [-0.39, 0.29) is 18.2 Å². The fourth-order valence-electron chi connectivity index (χ4n) is 2.88. The summed E-state index contributed by atoms with van der Waals surface area (Å²) in [6, 6.07) is 5.72. The minimum atomic E-state index is -4.66. The van der Waals surface area contributed by atoms with Gasteiger partial charge in [-0.15, -0.1) is 0 Å². The van der Waals surface area contributed by atoms with E-state index in [9.17, 15) is 18.0 Å². The third kappa shape index (κ3) is 3.66. The average molecular weight is 415 g/mol. The van der Waals surface area contributed by atoms with E-state index in [1.165, 1.54) is 11.3 Å². The molecular weight excluding hydrogens is 401 g/mol. The monoisotopic (exact) mass is 414 g/mol. The molecule has 2 heterocycles. The number of aromatic nitrogens is 3. The van der Waals surface area contributed by atoms with Crippen molar-refractivity contribution in [2.75, 3.05) is 5.32 Å². The number of benzene rings is 1. The van der Waals surface area contributed by atoms with Crippen molar-refractivity contribution in [1.82, 2.24) is 14.8 Å². The summed E-state index contributed by atoms with van der Waals surface area (Å²) >= 11 is 7.22. The van der Waals surface area contributed by atoms with Gasteiger partial charge in [-0.25, -0.2) is 4.98 Å². The summed E-state index contributed by atoms with van der Waals surface area (Å²) in [6.45, 7) is 1.60. The van der Waals surface area contributed by atoms with E-state index in [4.69, 9.17) is 11.6 Å². The van der Waals surface area contributed by atoms with Crippen LogP contribution in [0.15, 0.2) is 18.2 Å². The SMILES string of the molecule is Cc1ccc2nc(NC(=O)Cn3nc(C(F)(F)F)c(Cl)c3C3CC3)sc2c1. The fourth-order valence-corrected chi connectivity index (χ4v) is 4.26. The van der Waals surface area contributed by atoms with Gasteiger partial charge in [-0.3, -0.25) is 9.48 Å². The van der Waals surface area contributed by atoms with Gasteiger partial charge in [0.15, 0.2) is 10.8 Å². The average Bonchev–Trinajstić information content (AvgIpc) is 3.22. The van der Waals surface area contributed by atoms with Crippen LogP contribution in [-0.4, -0.2) is 20.7 Å². The second-order valence-electron chi connectivity index (χ2n) is 6.52. The number of alkyl halides is 3. The van der Waals surface area contributed by atoms with E-state index in [1.54, 1.807) is 0 Å². The van der Waals surface area contributed by atoms with Crippen molar-refractivity contribution in [2.45, 2.75) is 38.4 Å². The number of anilines is 1. The lowest BCUT2D eigenvalue weighted by Crippen LogP contribution is -2.21. The van der Waals surface area contributed by atoms with Crippen LogP contribution in [0, 0.1) is 6.92 Å². The highest BCUT2D eigenvalue weighted by atomic mass is 35.5. The van der Waals surface area contributed by atoms with Crippen LogP contribution < -0.4 is 5.32 Å². The first-order chi connectivity index (χ1) is 12.7. The standard InChI is InChI=1S/C17H14ClF3N4OS/c1-8-2-5-10-11(6-8)27-16(22-10)23-12(26)7-25-14(9-3-4-9)13(18)15(24-25)17(19,20)21/h2,5-6,9H,3-4,7H2,1H3,(H,22,23,26). The summed E-state index contributed by atoms with van der Waals surface area (Å²) in [5.41, 5.74) is 0.957. The third-order valence-electron chi connectivity index (χ3n) is 4.25. The summed E-state index contributed by atoms with van der Waals surface area (Å²) in [4.78, 5) is 16.7. The number of nitrogens with one attached hydrogen (secondary N) is 1. The molecule has 1 amide bonds. The smallest absolute Gasteiger partial charge is 0.300 e. The lowest BCUT2D eigenvalue weighted by atomic mass is 10.2. The van der Waals surface area contributed by atoms with E-state index in [1.807, 2.05) is 25.1 Å². The van der Waals surface area contributed by atoms with Gasteiger partial charge >= 0.3 is 6.18 Å². The van der Waals surface area contributed by atoms with Crippen LogP contribution >= 0.6 is 22.9 Å². The van der Waals surface area contributed by atoms with Crippen LogP contribution in [0.1, 0.15) is 35.7 Å². The van der Waals surface area contributed by atoms with Crippen molar-refractivity contribution in [3.63, 3.8) is 0 Å². The molecule has 4 rings (SSSR count). The predicted octanol–water partition coefficient (Wildman–Crippen LogP) is 4.99. The van der Waals surface area contributed by atoms with Gasteiger partial charge < -0.3 is 5.32 Å².